The number of anilines is 2. The minimum Gasteiger partial charge on any atom is -0.478 e. The van der Waals surface area contributed by atoms with Crippen LogP contribution < -0.4 is 17.0 Å². The molecule has 0 unspecified atom stereocenters. The molecule has 3 aromatic rings. The molecule has 0 spiro atoms. The van der Waals surface area contributed by atoms with Crippen molar-refractivity contribution in [3.8, 4) is 11.1 Å². The number of hydrogen-bond acceptors (Lipinski definition) is 13. The molecule has 0 fully saturated rings. The van der Waals surface area contributed by atoms with Crippen molar-refractivity contribution in [2.45, 2.75) is 0 Å². The Morgan fingerprint density at radius 3 is 1.53 bits per heavy atom. The van der Waals surface area contributed by atoms with Gasteiger partial charge in [0, 0.05) is 11.6 Å². The van der Waals surface area contributed by atoms with Crippen LogP contribution in [0, 0.1) is 30.3 Å². The Hall–Kier alpha value is -6.18. The third-order valence-corrected chi connectivity index (χ3v) is 4.53. The van der Waals surface area contributed by atoms with Crippen molar-refractivity contribution in [2.75, 3.05) is 11.2 Å². The first-order valence-electron chi connectivity index (χ1n) is 9.46. The number of carboxylic acids is 3. The number of hydrazine groups is 1. The second-order valence-corrected chi connectivity index (χ2v) is 6.85. The molecule has 20 heteroatoms. The van der Waals surface area contributed by atoms with Gasteiger partial charge in [0.2, 0.25) is 0 Å². The Bertz CT molecular complexity index is 1340. The molecule has 20 nitrogen and oxygen atoms in total. The number of non-ortho nitro benzene ring substituents is 1. The summed E-state index contributed by atoms with van der Waals surface area (Å²) in [6, 6.07) is 3.11. The number of benzene rings is 2. The molecule has 0 aliphatic rings. The monoisotopic (exact) mass is 534 g/mol. The maximum atomic E-state index is 11.6. The van der Waals surface area contributed by atoms with Crippen molar-refractivity contribution in [1.29, 1.82) is 0 Å². The van der Waals surface area contributed by atoms with Gasteiger partial charge in [0.1, 0.15) is 11.4 Å². The van der Waals surface area contributed by atoms with Crippen LogP contribution in [0.3, 0.4) is 0 Å². The van der Waals surface area contributed by atoms with Crippen LogP contribution in [0.15, 0.2) is 30.3 Å². The fourth-order valence-electron chi connectivity index (χ4n) is 3.03. The van der Waals surface area contributed by atoms with E-state index in [0.717, 1.165) is 0 Å². The van der Waals surface area contributed by atoms with Gasteiger partial charge in [0.15, 0.2) is 5.82 Å². The summed E-state index contributed by atoms with van der Waals surface area (Å²) in [5.41, 5.74) is -1.35. The zero-order valence-electron chi connectivity index (χ0n) is 18.3. The summed E-state index contributed by atoms with van der Waals surface area (Å²) in [5, 5.41) is 67.9. The number of nitrogens with zero attached hydrogens (tertiary/aromatic N) is 4. The number of nitrogens with one attached hydrogen (secondary N) is 2. The van der Waals surface area contributed by atoms with E-state index in [2.05, 4.69) is 15.6 Å². The number of aromatic nitrogens is 2. The molecule has 0 aliphatic heterocycles. The number of carbonyl (C=O) groups is 3. The largest absolute Gasteiger partial charge is 0.478 e. The maximum Gasteiger partial charge on any atom is 0.336 e. The van der Waals surface area contributed by atoms with E-state index in [9.17, 15) is 54.9 Å². The second-order valence-electron chi connectivity index (χ2n) is 6.85. The average Bonchev–Trinajstić information content (AvgIpc) is 3.27. The number of hydrogen-bond donors (Lipinski definition) is 7. The quantitative estimate of drug-likeness (QED) is 0.122. The van der Waals surface area contributed by atoms with Gasteiger partial charge in [-0.1, -0.05) is 0 Å². The number of nitro benzene ring substituents is 3. The number of nitrogens with two attached hydrogens (primary N) is 2. The Labute approximate surface area is 207 Å². The third-order valence-electron chi connectivity index (χ3n) is 4.53. The zero-order chi connectivity index (χ0) is 28.9. The molecule has 0 aliphatic carbocycles. The van der Waals surface area contributed by atoms with Crippen LogP contribution in [0.25, 0.3) is 11.1 Å². The van der Waals surface area contributed by atoms with Crippen molar-refractivity contribution in [3.05, 3.63) is 77.4 Å². The lowest BCUT2D eigenvalue weighted by atomic mass is 9.89. The van der Waals surface area contributed by atoms with Crippen LogP contribution in [0.4, 0.5) is 28.7 Å². The number of carboxylic acid groups (broad SMARTS) is 3. The fraction of sp³-hybridized carbons (Fsp3) is 0. The molecule has 1 heterocycles. The molecule has 3 rings (SSSR count). The Morgan fingerprint density at radius 1 is 0.789 bits per heavy atom. The maximum absolute atomic E-state index is 11.6. The standard InChI is InChI=1S/C15H7N3O12.C3H7N5/c19-13(20)5-1-7(14(21)22)11(8(2-5)15(23)24)12-9(17(27)28)3-6(16(25)26)4-10(12)18(29)30;4-2-1-3(6-5)8-7-2/h1-4H,(H,19,20)(H,21,22)(H,23,24);1H,5H2,(H4,4,6,7,8). The van der Waals surface area contributed by atoms with E-state index >= 15 is 0 Å². The molecule has 1 aromatic heterocycles. The molecule has 0 atom stereocenters. The highest BCUT2D eigenvalue weighted by atomic mass is 16.6. The van der Waals surface area contributed by atoms with Crippen LogP contribution in [-0.2, 0) is 0 Å². The lowest BCUT2D eigenvalue weighted by Gasteiger charge is -2.12. The third kappa shape index (κ3) is 5.89. The predicted molar refractivity (Wildman–Crippen MR) is 124 cm³/mol. The zero-order valence-corrected chi connectivity index (χ0v) is 18.3. The van der Waals surface area contributed by atoms with Gasteiger partial charge in [-0.15, -0.1) is 0 Å². The first kappa shape index (κ1) is 28.1. The molecule has 38 heavy (non-hydrogen) atoms. The number of aromatic amines is 1. The minimum absolute atomic E-state index is 0.296. The number of nitrogen functional groups attached to an aromatic ring is 2. The van der Waals surface area contributed by atoms with Gasteiger partial charge >= 0.3 is 17.9 Å². The number of nitro groups is 3. The van der Waals surface area contributed by atoms with Crippen LogP contribution in [0.5, 0.6) is 0 Å². The highest BCUT2D eigenvalue weighted by Gasteiger charge is 2.37. The van der Waals surface area contributed by atoms with Crippen molar-refractivity contribution in [3.63, 3.8) is 0 Å². The summed E-state index contributed by atoms with van der Waals surface area (Å²) in [6.07, 6.45) is 0. The van der Waals surface area contributed by atoms with Gasteiger partial charge < -0.3 is 26.5 Å². The van der Waals surface area contributed by atoms with E-state index in [-0.39, 0.29) is 0 Å². The SMILES string of the molecule is NNc1cc(N)[nH]n1.O=C(O)c1cc(C(=O)O)c(-c2c([N+](=O)[O-])cc([N+](=O)[O-])cc2[N+](=O)[O-])c(C(=O)O)c1. The summed E-state index contributed by atoms with van der Waals surface area (Å²) in [6.45, 7) is 0. The molecular weight excluding hydrogens is 520 g/mol. The van der Waals surface area contributed by atoms with Crippen molar-refractivity contribution < 1.29 is 44.5 Å². The molecule has 9 N–H and O–H groups in total. The van der Waals surface area contributed by atoms with Gasteiger partial charge in [0.05, 0.1) is 43.6 Å². The highest BCUT2D eigenvalue weighted by Crippen LogP contribution is 2.44. The van der Waals surface area contributed by atoms with E-state index in [1.54, 1.807) is 6.07 Å². The fourth-order valence-corrected chi connectivity index (χ4v) is 3.03. The molecule has 198 valence electrons. The van der Waals surface area contributed by atoms with Gasteiger partial charge in [-0.05, 0) is 12.1 Å². The Balaban J connectivity index is 0.000000538. The van der Waals surface area contributed by atoms with Gasteiger partial charge in [-0.3, -0.25) is 35.4 Å². The van der Waals surface area contributed by atoms with Crippen LogP contribution >= 0.6 is 0 Å². The highest BCUT2D eigenvalue weighted by molar-refractivity contribution is 6.10. The lowest BCUT2D eigenvalue weighted by Crippen LogP contribution is -2.12. The molecule has 0 bridgehead atoms. The molecular formula is C18H14N8O12. The minimum atomic E-state index is -1.95. The lowest BCUT2D eigenvalue weighted by molar-refractivity contribution is -0.402. The molecule has 0 amide bonds. The van der Waals surface area contributed by atoms with Gasteiger partial charge in [-0.2, -0.15) is 5.10 Å². The van der Waals surface area contributed by atoms with Crippen molar-refractivity contribution in [1.82, 2.24) is 10.2 Å². The smallest absolute Gasteiger partial charge is 0.336 e. The van der Waals surface area contributed by atoms with Crippen LogP contribution in [-0.4, -0.2) is 58.2 Å². The van der Waals surface area contributed by atoms with Gasteiger partial charge in [0.25, 0.3) is 17.1 Å². The number of H-pyrrole nitrogens is 1. The van der Waals surface area contributed by atoms with Crippen molar-refractivity contribution >= 4 is 46.6 Å². The summed E-state index contributed by atoms with van der Waals surface area (Å²) in [7, 11) is 0. The first-order valence-corrected chi connectivity index (χ1v) is 9.46. The summed E-state index contributed by atoms with van der Waals surface area (Å²) >= 11 is 0. The normalized spacial score (nSPS) is 10.0. The van der Waals surface area contributed by atoms with E-state index < -0.39 is 77.6 Å². The van der Waals surface area contributed by atoms with Crippen LogP contribution in [0.2, 0.25) is 0 Å². The molecule has 2 aromatic carbocycles. The first-order chi connectivity index (χ1) is 17.7. The molecule has 0 saturated carbocycles. The van der Waals surface area contributed by atoms with E-state index in [1.807, 2.05) is 0 Å². The topological polar surface area (TPSA) is 334 Å². The van der Waals surface area contributed by atoms with E-state index in [4.69, 9.17) is 16.7 Å². The van der Waals surface area contributed by atoms with Gasteiger partial charge in [-0.25, -0.2) is 20.2 Å². The number of aromatic carboxylic acids is 3. The Kier molecular flexibility index (Phi) is 8.15. The summed E-state index contributed by atoms with van der Waals surface area (Å²) in [5.74, 6) is 0.387. The van der Waals surface area contributed by atoms with Crippen molar-refractivity contribution in [2.24, 2.45) is 5.84 Å². The summed E-state index contributed by atoms with van der Waals surface area (Å²) < 4.78 is 0. The molecule has 0 radical (unpaired) electrons. The van der Waals surface area contributed by atoms with Crippen LogP contribution in [0.1, 0.15) is 31.1 Å². The number of rotatable bonds is 8. The van der Waals surface area contributed by atoms with E-state index in [0.29, 0.717) is 35.9 Å². The Morgan fingerprint density at radius 2 is 1.26 bits per heavy atom. The molecule has 0 saturated heterocycles. The average molecular weight is 534 g/mol. The second kappa shape index (κ2) is 11.0. The summed E-state index contributed by atoms with van der Waals surface area (Å²) in [4.78, 5) is 64.6. The predicted octanol–water partition coefficient (Wildman–Crippen LogP) is 1.45. The van der Waals surface area contributed by atoms with E-state index in [1.165, 1.54) is 0 Å².